The summed E-state index contributed by atoms with van der Waals surface area (Å²) in [6, 6.07) is 13.9. The van der Waals surface area contributed by atoms with Crippen LogP contribution in [0.25, 0.3) is 11.3 Å². The van der Waals surface area contributed by atoms with Gasteiger partial charge >= 0.3 is 0 Å². The van der Waals surface area contributed by atoms with Crippen molar-refractivity contribution >= 4 is 10.0 Å². The summed E-state index contributed by atoms with van der Waals surface area (Å²) in [6.07, 6.45) is 5.63. The average molecular weight is 397 g/mol. The van der Waals surface area contributed by atoms with Gasteiger partial charge in [0.1, 0.15) is 5.75 Å². The number of aromatic nitrogens is 1. The molecule has 0 bridgehead atoms. The quantitative estimate of drug-likeness (QED) is 0.705. The average Bonchev–Trinajstić information content (AvgIpc) is 3.02. The Morgan fingerprint density at radius 2 is 1.86 bits per heavy atom. The van der Waals surface area contributed by atoms with Crippen molar-refractivity contribution < 1.29 is 13.5 Å². The van der Waals surface area contributed by atoms with Crippen molar-refractivity contribution in [3.63, 3.8) is 0 Å². The summed E-state index contributed by atoms with van der Waals surface area (Å²) in [6.45, 7) is 0.604. The molecule has 0 aliphatic heterocycles. The number of hydrogen-bond acceptors (Lipinski definition) is 4. The number of rotatable bonds is 4. The van der Waals surface area contributed by atoms with Crippen molar-refractivity contribution in [2.45, 2.75) is 37.1 Å². The van der Waals surface area contributed by atoms with Crippen LogP contribution in [-0.2, 0) is 29.4 Å². The lowest BCUT2D eigenvalue weighted by Crippen LogP contribution is -2.14. The van der Waals surface area contributed by atoms with Gasteiger partial charge in [-0.15, -0.1) is 0 Å². The van der Waals surface area contributed by atoms with Gasteiger partial charge in [-0.1, -0.05) is 30.3 Å². The molecule has 0 fully saturated rings. The molecule has 0 saturated carbocycles. The molecule has 28 heavy (non-hydrogen) atoms. The van der Waals surface area contributed by atoms with E-state index in [0.717, 1.165) is 48.1 Å². The summed E-state index contributed by atoms with van der Waals surface area (Å²) < 4.78 is 28.4. The largest absolute Gasteiger partial charge is 0.508 e. The molecule has 3 aromatic rings. The van der Waals surface area contributed by atoms with Crippen LogP contribution in [-0.4, -0.2) is 24.5 Å². The molecule has 4 rings (SSSR count). The van der Waals surface area contributed by atoms with Crippen molar-refractivity contribution in [3.8, 4) is 17.0 Å². The zero-order valence-electron chi connectivity index (χ0n) is 15.9. The third kappa shape index (κ3) is 3.23. The molecule has 0 radical (unpaired) electrons. The van der Waals surface area contributed by atoms with Gasteiger partial charge in [-0.25, -0.2) is 12.4 Å². The number of aromatic hydroxyl groups is 1. The number of phenolic OH excluding ortho intramolecular Hbond substituents is 1. The SMILES string of the molecule is CNCc1cn(S(=O)(=O)c2cccc(O)c2)c2c1CCCCc1ccccc1-2. The van der Waals surface area contributed by atoms with Crippen LogP contribution < -0.4 is 5.32 Å². The second-order valence-electron chi connectivity index (χ2n) is 7.17. The fourth-order valence-corrected chi connectivity index (χ4v) is 5.47. The Morgan fingerprint density at radius 1 is 1.07 bits per heavy atom. The van der Waals surface area contributed by atoms with Crippen molar-refractivity contribution in [3.05, 3.63) is 71.4 Å². The highest BCUT2D eigenvalue weighted by atomic mass is 32.2. The Balaban J connectivity index is 2.01. The molecule has 2 aromatic carbocycles. The molecule has 0 amide bonds. The Bertz CT molecular complexity index is 1120. The van der Waals surface area contributed by atoms with Gasteiger partial charge in [0.2, 0.25) is 0 Å². The van der Waals surface area contributed by atoms with E-state index in [2.05, 4.69) is 11.4 Å². The highest BCUT2D eigenvalue weighted by Crippen LogP contribution is 2.37. The number of hydrogen-bond donors (Lipinski definition) is 2. The molecule has 6 heteroatoms. The summed E-state index contributed by atoms with van der Waals surface area (Å²) in [5.74, 6) is -0.0630. The first kappa shape index (κ1) is 18.8. The number of nitrogens with one attached hydrogen (secondary N) is 1. The molecule has 0 spiro atoms. The van der Waals surface area contributed by atoms with Crippen molar-refractivity contribution in [1.29, 1.82) is 0 Å². The van der Waals surface area contributed by atoms with Crippen molar-refractivity contribution in [1.82, 2.24) is 9.29 Å². The first-order chi connectivity index (χ1) is 13.5. The Morgan fingerprint density at radius 3 is 2.64 bits per heavy atom. The van der Waals surface area contributed by atoms with Crippen molar-refractivity contribution in [2.75, 3.05) is 7.05 Å². The van der Waals surface area contributed by atoms with E-state index in [1.165, 1.54) is 27.7 Å². The fraction of sp³-hybridized carbons (Fsp3) is 0.273. The molecule has 146 valence electrons. The molecular weight excluding hydrogens is 372 g/mol. The second-order valence-corrected chi connectivity index (χ2v) is 8.99. The smallest absolute Gasteiger partial charge is 0.268 e. The van der Waals surface area contributed by atoms with Gasteiger partial charge < -0.3 is 10.4 Å². The lowest BCUT2D eigenvalue weighted by molar-refractivity contribution is 0.473. The van der Waals surface area contributed by atoms with Crippen LogP contribution in [0.4, 0.5) is 0 Å². The summed E-state index contributed by atoms with van der Waals surface area (Å²) in [7, 11) is -1.98. The van der Waals surface area contributed by atoms with E-state index in [4.69, 9.17) is 0 Å². The maximum Gasteiger partial charge on any atom is 0.268 e. The third-order valence-electron chi connectivity index (χ3n) is 5.30. The molecular formula is C22H24N2O3S. The van der Waals surface area contributed by atoms with Crippen LogP contribution in [0.15, 0.2) is 59.6 Å². The Labute approximate surface area is 165 Å². The molecule has 1 aliphatic rings. The molecule has 1 heterocycles. The number of aryl methyl sites for hydroxylation is 1. The Hall–Kier alpha value is -2.57. The summed E-state index contributed by atoms with van der Waals surface area (Å²) in [4.78, 5) is 0.0841. The van der Waals surface area contributed by atoms with Crippen molar-refractivity contribution in [2.24, 2.45) is 0 Å². The van der Waals surface area contributed by atoms with Crippen LogP contribution in [0.1, 0.15) is 29.5 Å². The lowest BCUT2D eigenvalue weighted by atomic mass is 9.91. The maximum absolute atomic E-state index is 13.5. The van der Waals surface area contributed by atoms with Gasteiger partial charge in [-0.3, -0.25) is 0 Å². The molecule has 1 aromatic heterocycles. The zero-order valence-corrected chi connectivity index (χ0v) is 16.7. The zero-order chi connectivity index (χ0) is 19.7. The van der Waals surface area contributed by atoms with Gasteiger partial charge in [0.15, 0.2) is 0 Å². The monoisotopic (exact) mass is 396 g/mol. The normalized spacial score (nSPS) is 14.0. The van der Waals surface area contributed by atoms with Gasteiger partial charge in [-0.05, 0) is 61.6 Å². The first-order valence-electron chi connectivity index (χ1n) is 9.53. The van der Waals surface area contributed by atoms with E-state index in [1.54, 1.807) is 12.3 Å². The predicted octanol–water partition coefficient (Wildman–Crippen LogP) is 3.70. The van der Waals surface area contributed by atoms with Crippen LogP contribution in [0.5, 0.6) is 5.75 Å². The molecule has 0 saturated heterocycles. The van der Waals surface area contributed by atoms with Crippen LogP contribution in [0, 0.1) is 0 Å². The first-order valence-corrected chi connectivity index (χ1v) is 11.0. The van der Waals surface area contributed by atoms with E-state index < -0.39 is 10.0 Å². The Kier molecular flexibility index (Phi) is 5.00. The fourth-order valence-electron chi connectivity index (χ4n) is 4.01. The topological polar surface area (TPSA) is 71.3 Å². The summed E-state index contributed by atoms with van der Waals surface area (Å²) in [5.41, 5.74) is 4.99. The van der Waals surface area contributed by atoms with E-state index in [9.17, 15) is 13.5 Å². The van der Waals surface area contributed by atoms with Crippen LogP contribution in [0.3, 0.4) is 0 Å². The standard InChI is InChI=1S/C22H24N2O3S/c1-23-14-17-15-24(28(26,27)19-10-6-9-18(25)13-19)22-20-11-4-2-7-16(20)8-3-5-12-21(17)22/h2,4,6-7,9-11,13,15,23,25H,3,5,8,12,14H2,1H3. The lowest BCUT2D eigenvalue weighted by Gasteiger charge is -2.18. The number of fused-ring (bicyclic) bond motifs is 3. The molecule has 1 aliphatic carbocycles. The molecule has 2 N–H and O–H groups in total. The number of nitrogens with zero attached hydrogens (tertiary/aromatic N) is 1. The van der Waals surface area contributed by atoms with E-state index in [-0.39, 0.29) is 10.6 Å². The number of phenols is 1. The highest BCUT2D eigenvalue weighted by Gasteiger charge is 2.28. The van der Waals surface area contributed by atoms with Gasteiger partial charge in [0.25, 0.3) is 10.0 Å². The van der Waals surface area contributed by atoms with Gasteiger partial charge in [0, 0.05) is 24.4 Å². The maximum atomic E-state index is 13.5. The minimum Gasteiger partial charge on any atom is -0.508 e. The van der Waals surface area contributed by atoms with E-state index in [0.29, 0.717) is 6.54 Å². The van der Waals surface area contributed by atoms with E-state index >= 15 is 0 Å². The summed E-state index contributed by atoms with van der Waals surface area (Å²) >= 11 is 0. The van der Waals surface area contributed by atoms with Gasteiger partial charge in [0.05, 0.1) is 10.6 Å². The minimum atomic E-state index is -3.84. The molecule has 5 nitrogen and oxygen atoms in total. The third-order valence-corrected chi connectivity index (χ3v) is 6.96. The number of benzene rings is 2. The van der Waals surface area contributed by atoms with Crippen LogP contribution >= 0.6 is 0 Å². The minimum absolute atomic E-state index is 0.0630. The molecule has 0 atom stereocenters. The molecule has 0 unspecified atom stereocenters. The summed E-state index contributed by atoms with van der Waals surface area (Å²) in [5, 5.41) is 13.0. The predicted molar refractivity (Wildman–Crippen MR) is 110 cm³/mol. The van der Waals surface area contributed by atoms with E-state index in [1.807, 2.05) is 25.2 Å². The second kappa shape index (κ2) is 7.45. The van der Waals surface area contributed by atoms with Gasteiger partial charge in [-0.2, -0.15) is 0 Å². The van der Waals surface area contributed by atoms with Crippen LogP contribution in [0.2, 0.25) is 0 Å². The highest BCUT2D eigenvalue weighted by molar-refractivity contribution is 7.90.